The lowest BCUT2D eigenvalue weighted by molar-refractivity contribution is 0.100. The third kappa shape index (κ3) is 3.66. The average Bonchev–Trinajstić information content (AvgIpc) is 2.39. The standard InChI is InChI=1S/C14H13ClN2OS/c15-13-7-9(14(17)18)1-2-10(13)8-19-12-5-3-11(16)4-6-12/h1-7H,8,16H2,(H2,17,18). The van der Waals surface area contributed by atoms with Gasteiger partial charge in [-0.2, -0.15) is 0 Å². The van der Waals surface area contributed by atoms with Crippen LogP contribution in [-0.2, 0) is 5.75 Å². The number of nitrogens with two attached hydrogens (primary N) is 2. The van der Waals surface area contributed by atoms with Crippen LogP contribution in [-0.4, -0.2) is 5.91 Å². The fourth-order valence-electron chi connectivity index (χ4n) is 1.54. The molecule has 4 N–H and O–H groups in total. The second-order valence-corrected chi connectivity index (χ2v) is 5.48. The number of carbonyl (C=O) groups is 1. The van der Waals surface area contributed by atoms with Crippen molar-refractivity contribution in [3.8, 4) is 0 Å². The number of primary amides is 1. The van der Waals surface area contributed by atoms with Crippen LogP contribution in [0.1, 0.15) is 15.9 Å². The molecule has 2 aromatic carbocycles. The van der Waals surface area contributed by atoms with E-state index in [9.17, 15) is 4.79 Å². The lowest BCUT2D eigenvalue weighted by Gasteiger charge is -2.06. The second kappa shape index (κ2) is 5.99. The van der Waals surface area contributed by atoms with Crippen molar-refractivity contribution in [2.45, 2.75) is 10.6 Å². The van der Waals surface area contributed by atoms with Crippen LogP contribution < -0.4 is 11.5 Å². The summed E-state index contributed by atoms with van der Waals surface area (Å²) in [7, 11) is 0. The minimum atomic E-state index is -0.473. The lowest BCUT2D eigenvalue weighted by Crippen LogP contribution is -2.10. The summed E-state index contributed by atoms with van der Waals surface area (Å²) in [4.78, 5) is 12.1. The van der Waals surface area contributed by atoms with E-state index in [1.54, 1.807) is 23.9 Å². The Morgan fingerprint density at radius 1 is 1.16 bits per heavy atom. The molecule has 3 nitrogen and oxygen atoms in total. The minimum Gasteiger partial charge on any atom is -0.399 e. The molecule has 0 fully saturated rings. The Bertz CT molecular complexity index is 599. The van der Waals surface area contributed by atoms with Gasteiger partial charge in [0.25, 0.3) is 0 Å². The van der Waals surface area contributed by atoms with E-state index in [0.29, 0.717) is 10.6 Å². The van der Waals surface area contributed by atoms with E-state index < -0.39 is 5.91 Å². The van der Waals surface area contributed by atoms with Gasteiger partial charge in [0.15, 0.2) is 0 Å². The molecule has 2 aromatic rings. The molecule has 1 amide bonds. The predicted octanol–water partition coefficient (Wildman–Crippen LogP) is 3.31. The summed E-state index contributed by atoms with van der Waals surface area (Å²) in [6.07, 6.45) is 0. The molecule has 0 atom stereocenters. The van der Waals surface area contributed by atoms with Crippen molar-refractivity contribution in [2.24, 2.45) is 5.73 Å². The summed E-state index contributed by atoms with van der Waals surface area (Å²) >= 11 is 7.78. The maximum absolute atomic E-state index is 11.0. The second-order valence-electron chi connectivity index (χ2n) is 4.03. The molecule has 2 rings (SSSR count). The summed E-state index contributed by atoms with van der Waals surface area (Å²) in [5.41, 5.74) is 13.0. The highest BCUT2D eigenvalue weighted by Crippen LogP contribution is 2.27. The highest BCUT2D eigenvalue weighted by molar-refractivity contribution is 7.98. The largest absolute Gasteiger partial charge is 0.399 e. The van der Waals surface area contributed by atoms with Gasteiger partial charge in [-0.1, -0.05) is 17.7 Å². The smallest absolute Gasteiger partial charge is 0.248 e. The van der Waals surface area contributed by atoms with Crippen molar-refractivity contribution in [1.82, 2.24) is 0 Å². The number of nitrogen functional groups attached to an aromatic ring is 1. The molecule has 0 saturated heterocycles. The van der Waals surface area contributed by atoms with Gasteiger partial charge in [0.2, 0.25) is 5.91 Å². The first kappa shape index (κ1) is 13.8. The summed E-state index contributed by atoms with van der Waals surface area (Å²) in [5, 5.41) is 0.555. The summed E-state index contributed by atoms with van der Waals surface area (Å²) in [6, 6.07) is 12.8. The zero-order chi connectivity index (χ0) is 13.8. The van der Waals surface area contributed by atoms with Crippen LogP contribution in [0.5, 0.6) is 0 Å². The van der Waals surface area contributed by atoms with Crippen molar-refractivity contribution in [2.75, 3.05) is 5.73 Å². The van der Waals surface area contributed by atoms with E-state index in [1.807, 2.05) is 30.3 Å². The molecule has 0 aliphatic carbocycles. The monoisotopic (exact) mass is 292 g/mol. The molecule has 0 heterocycles. The van der Waals surface area contributed by atoms with Crippen LogP contribution in [0.3, 0.4) is 0 Å². The van der Waals surface area contributed by atoms with Crippen molar-refractivity contribution in [3.63, 3.8) is 0 Å². The summed E-state index contributed by atoms with van der Waals surface area (Å²) in [6.45, 7) is 0. The Morgan fingerprint density at radius 3 is 2.42 bits per heavy atom. The van der Waals surface area contributed by atoms with Gasteiger partial charge >= 0.3 is 0 Å². The summed E-state index contributed by atoms with van der Waals surface area (Å²) < 4.78 is 0. The average molecular weight is 293 g/mol. The van der Waals surface area contributed by atoms with Gasteiger partial charge in [-0.3, -0.25) is 4.79 Å². The molecule has 0 unspecified atom stereocenters. The minimum absolute atomic E-state index is 0.422. The van der Waals surface area contributed by atoms with Gasteiger partial charge in [0, 0.05) is 26.9 Å². The molecular weight excluding hydrogens is 280 g/mol. The molecule has 0 radical (unpaired) electrons. The van der Waals surface area contributed by atoms with Crippen molar-refractivity contribution < 1.29 is 4.79 Å². The zero-order valence-corrected chi connectivity index (χ0v) is 11.7. The van der Waals surface area contributed by atoms with E-state index >= 15 is 0 Å². The molecular formula is C14H13ClN2OS. The fourth-order valence-corrected chi connectivity index (χ4v) is 2.77. The Labute approximate surface area is 120 Å². The molecule has 5 heteroatoms. The van der Waals surface area contributed by atoms with Crippen molar-refractivity contribution in [1.29, 1.82) is 0 Å². The Morgan fingerprint density at radius 2 is 1.84 bits per heavy atom. The molecule has 0 aliphatic heterocycles. The number of amides is 1. The lowest BCUT2D eigenvalue weighted by atomic mass is 10.1. The number of anilines is 1. The maximum Gasteiger partial charge on any atom is 0.248 e. The highest BCUT2D eigenvalue weighted by atomic mass is 35.5. The SMILES string of the molecule is NC(=O)c1ccc(CSc2ccc(N)cc2)c(Cl)c1. The predicted molar refractivity (Wildman–Crippen MR) is 80.4 cm³/mol. The number of thioether (sulfide) groups is 1. The molecule has 0 bridgehead atoms. The number of benzene rings is 2. The van der Waals surface area contributed by atoms with Crippen LogP contribution in [0.4, 0.5) is 5.69 Å². The van der Waals surface area contributed by atoms with Gasteiger partial charge in [0.05, 0.1) is 0 Å². The van der Waals surface area contributed by atoms with E-state index in [2.05, 4.69) is 0 Å². The third-order valence-electron chi connectivity index (χ3n) is 2.61. The number of hydrogen-bond acceptors (Lipinski definition) is 3. The summed E-state index contributed by atoms with van der Waals surface area (Å²) in [5.74, 6) is 0.251. The quantitative estimate of drug-likeness (QED) is 0.671. The normalized spacial score (nSPS) is 10.4. The Kier molecular flexibility index (Phi) is 4.35. The number of hydrogen-bond donors (Lipinski definition) is 2. The van der Waals surface area contributed by atoms with Crippen LogP contribution in [0.2, 0.25) is 5.02 Å². The topological polar surface area (TPSA) is 69.1 Å². The maximum atomic E-state index is 11.0. The van der Waals surface area contributed by atoms with E-state index in [-0.39, 0.29) is 0 Å². The van der Waals surface area contributed by atoms with Gasteiger partial charge in [-0.25, -0.2) is 0 Å². The molecule has 98 valence electrons. The van der Waals surface area contributed by atoms with Gasteiger partial charge in [-0.15, -0.1) is 11.8 Å². The van der Waals surface area contributed by atoms with E-state index in [0.717, 1.165) is 21.9 Å². The molecule has 19 heavy (non-hydrogen) atoms. The zero-order valence-electron chi connectivity index (χ0n) is 10.1. The Balaban J connectivity index is 2.07. The van der Waals surface area contributed by atoms with Gasteiger partial charge in [-0.05, 0) is 42.0 Å². The van der Waals surface area contributed by atoms with Crippen LogP contribution in [0.15, 0.2) is 47.4 Å². The first-order valence-corrected chi connectivity index (χ1v) is 6.99. The van der Waals surface area contributed by atoms with Crippen LogP contribution >= 0.6 is 23.4 Å². The third-order valence-corrected chi connectivity index (χ3v) is 4.02. The first-order chi connectivity index (χ1) is 9.06. The number of halogens is 1. The van der Waals surface area contributed by atoms with Crippen molar-refractivity contribution in [3.05, 3.63) is 58.6 Å². The molecule has 0 aromatic heterocycles. The van der Waals surface area contributed by atoms with Gasteiger partial charge in [0.1, 0.15) is 0 Å². The number of carbonyl (C=O) groups excluding carboxylic acids is 1. The molecule has 0 spiro atoms. The van der Waals surface area contributed by atoms with Crippen LogP contribution in [0.25, 0.3) is 0 Å². The highest BCUT2D eigenvalue weighted by Gasteiger charge is 2.06. The first-order valence-electron chi connectivity index (χ1n) is 5.63. The van der Waals surface area contributed by atoms with Crippen LogP contribution in [0, 0.1) is 0 Å². The fraction of sp³-hybridized carbons (Fsp3) is 0.0714. The van der Waals surface area contributed by atoms with E-state index in [4.69, 9.17) is 23.1 Å². The Hall–Kier alpha value is -1.65. The molecule has 0 aliphatic rings. The molecule has 0 saturated carbocycles. The van der Waals surface area contributed by atoms with Gasteiger partial charge < -0.3 is 11.5 Å². The van der Waals surface area contributed by atoms with E-state index in [1.165, 1.54) is 0 Å². The van der Waals surface area contributed by atoms with Crippen molar-refractivity contribution >= 4 is 35.0 Å². The number of rotatable bonds is 4.